The van der Waals surface area contributed by atoms with E-state index in [1.165, 1.54) is 30.3 Å². The van der Waals surface area contributed by atoms with Crippen molar-refractivity contribution in [2.45, 2.75) is 0 Å². The van der Waals surface area contributed by atoms with Crippen molar-refractivity contribution in [1.82, 2.24) is 9.97 Å². The van der Waals surface area contributed by atoms with Gasteiger partial charge in [-0.25, -0.2) is 23.1 Å². The third-order valence-corrected chi connectivity index (χ3v) is 4.00. The van der Waals surface area contributed by atoms with Gasteiger partial charge in [-0.05, 0) is 52.3 Å². The first-order valence-corrected chi connectivity index (χ1v) is 7.81. The molecule has 1 aromatic heterocycles. The van der Waals surface area contributed by atoms with E-state index in [0.29, 0.717) is 5.56 Å². The summed E-state index contributed by atoms with van der Waals surface area (Å²) in [6.07, 6.45) is 0. The average Bonchev–Trinajstić information content (AvgIpc) is 2.52. The first-order chi connectivity index (χ1) is 11.4. The molecule has 8 heteroatoms. The van der Waals surface area contributed by atoms with Crippen LogP contribution in [0.25, 0.3) is 11.4 Å². The highest BCUT2D eigenvalue weighted by atomic mass is 79.9. The normalized spacial score (nSPS) is 10.7. The van der Waals surface area contributed by atoms with Gasteiger partial charge in [0.1, 0.15) is 28.4 Å². The van der Waals surface area contributed by atoms with E-state index in [1.54, 1.807) is 0 Å². The van der Waals surface area contributed by atoms with Gasteiger partial charge in [-0.3, -0.25) is 0 Å². The van der Waals surface area contributed by atoms with E-state index in [9.17, 15) is 13.2 Å². The number of nitrogens with zero attached hydrogens (tertiary/aromatic N) is 2. The Hall–Kier alpha value is -2.12. The first kappa shape index (κ1) is 16.7. The number of hydrogen-bond donors (Lipinski definition) is 1. The van der Waals surface area contributed by atoms with Crippen LogP contribution in [0, 0.1) is 17.5 Å². The standard InChI is InChI=1S/C16H8BrClF3N3/c17-15-11(20)5-10(6-12(15)21)22-14-7-13(18)23-16(24-14)8-1-3-9(19)4-2-8/h1-7H,(H,22,23,24). The molecule has 0 radical (unpaired) electrons. The van der Waals surface area contributed by atoms with E-state index in [4.69, 9.17) is 11.6 Å². The fourth-order valence-electron chi connectivity index (χ4n) is 1.99. The minimum atomic E-state index is -0.753. The highest BCUT2D eigenvalue weighted by Gasteiger charge is 2.11. The number of aromatic nitrogens is 2. The summed E-state index contributed by atoms with van der Waals surface area (Å²) >= 11 is 8.77. The Labute approximate surface area is 148 Å². The Morgan fingerprint density at radius 3 is 2.17 bits per heavy atom. The van der Waals surface area contributed by atoms with Crippen molar-refractivity contribution in [1.29, 1.82) is 0 Å². The molecule has 0 saturated carbocycles. The van der Waals surface area contributed by atoms with Crippen LogP contribution in [0.15, 0.2) is 46.9 Å². The molecule has 3 rings (SSSR count). The second-order valence-corrected chi connectivity index (χ2v) is 5.97. The molecule has 0 aliphatic heterocycles. The third kappa shape index (κ3) is 3.68. The summed E-state index contributed by atoms with van der Waals surface area (Å²) in [5, 5.41) is 2.89. The SMILES string of the molecule is Fc1ccc(-c2nc(Cl)cc(Nc3cc(F)c(Br)c(F)c3)n2)cc1. The first-order valence-electron chi connectivity index (χ1n) is 6.64. The molecule has 0 aliphatic carbocycles. The minimum Gasteiger partial charge on any atom is -0.340 e. The van der Waals surface area contributed by atoms with Crippen LogP contribution in [-0.4, -0.2) is 9.97 Å². The zero-order chi connectivity index (χ0) is 17.3. The summed E-state index contributed by atoms with van der Waals surface area (Å²) in [5.74, 6) is -1.40. The number of anilines is 2. The van der Waals surface area contributed by atoms with Gasteiger partial charge in [0, 0.05) is 17.3 Å². The van der Waals surface area contributed by atoms with E-state index in [2.05, 4.69) is 31.2 Å². The fourth-order valence-corrected chi connectivity index (χ4v) is 2.40. The maximum Gasteiger partial charge on any atom is 0.163 e. The van der Waals surface area contributed by atoms with Crippen molar-refractivity contribution in [2.24, 2.45) is 0 Å². The fraction of sp³-hybridized carbons (Fsp3) is 0. The molecule has 3 nitrogen and oxygen atoms in total. The molecular weight excluding hydrogens is 407 g/mol. The molecule has 24 heavy (non-hydrogen) atoms. The second-order valence-electron chi connectivity index (χ2n) is 4.79. The van der Waals surface area contributed by atoms with Crippen LogP contribution in [0.4, 0.5) is 24.7 Å². The van der Waals surface area contributed by atoms with Crippen LogP contribution in [0.5, 0.6) is 0 Å². The zero-order valence-electron chi connectivity index (χ0n) is 11.8. The highest BCUT2D eigenvalue weighted by molar-refractivity contribution is 9.10. The van der Waals surface area contributed by atoms with Crippen LogP contribution in [0.3, 0.4) is 0 Å². The van der Waals surface area contributed by atoms with E-state index in [0.717, 1.165) is 12.1 Å². The smallest absolute Gasteiger partial charge is 0.163 e. The van der Waals surface area contributed by atoms with E-state index in [-0.39, 0.29) is 32.8 Å². The van der Waals surface area contributed by atoms with E-state index in [1.807, 2.05) is 0 Å². The lowest BCUT2D eigenvalue weighted by molar-refractivity contribution is 0.573. The minimum absolute atomic E-state index is 0.130. The van der Waals surface area contributed by atoms with Crippen molar-refractivity contribution >= 4 is 39.0 Å². The maximum absolute atomic E-state index is 13.6. The molecule has 0 saturated heterocycles. The van der Waals surface area contributed by atoms with Crippen molar-refractivity contribution in [2.75, 3.05) is 5.32 Å². The molecule has 0 aliphatic rings. The highest BCUT2D eigenvalue weighted by Crippen LogP contribution is 2.27. The van der Waals surface area contributed by atoms with Gasteiger partial charge in [0.05, 0.1) is 4.47 Å². The molecule has 122 valence electrons. The van der Waals surface area contributed by atoms with Gasteiger partial charge in [0.2, 0.25) is 0 Å². The number of halogens is 5. The monoisotopic (exact) mass is 413 g/mol. The molecule has 0 bridgehead atoms. The summed E-state index contributed by atoms with van der Waals surface area (Å²) in [4.78, 5) is 8.29. The number of nitrogens with one attached hydrogen (secondary N) is 1. The molecule has 1 heterocycles. The predicted molar refractivity (Wildman–Crippen MR) is 89.8 cm³/mol. The van der Waals surface area contributed by atoms with Crippen molar-refractivity contribution < 1.29 is 13.2 Å². The van der Waals surface area contributed by atoms with Gasteiger partial charge in [-0.1, -0.05) is 11.6 Å². The summed E-state index contributed by atoms with van der Waals surface area (Å²) in [6, 6.07) is 9.18. The average molecular weight is 415 g/mol. The maximum atomic E-state index is 13.6. The summed E-state index contributed by atoms with van der Waals surface area (Å²) in [7, 11) is 0. The molecule has 3 aromatic rings. The molecular formula is C16H8BrClF3N3. The van der Waals surface area contributed by atoms with Crippen LogP contribution >= 0.6 is 27.5 Å². The Balaban J connectivity index is 1.96. The topological polar surface area (TPSA) is 37.8 Å². The Bertz CT molecular complexity index is 881. The molecule has 2 aromatic carbocycles. The van der Waals surface area contributed by atoms with Gasteiger partial charge in [0.15, 0.2) is 5.82 Å². The molecule has 0 unspecified atom stereocenters. The van der Waals surface area contributed by atoms with Crippen LogP contribution in [0.2, 0.25) is 5.15 Å². The molecule has 1 N–H and O–H groups in total. The molecule has 0 fully saturated rings. The lowest BCUT2D eigenvalue weighted by Gasteiger charge is -2.09. The second kappa shape index (κ2) is 6.78. The van der Waals surface area contributed by atoms with Crippen molar-refractivity contribution in [3.63, 3.8) is 0 Å². The number of benzene rings is 2. The largest absolute Gasteiger partial charge is 0.340 e. The molecule has 0 spiro atoms. The lowest BCUT2D eigenvalue weighted by atomic mass is 10.2. The van der Waals surface area contributed by atoms with Crippen molar-refractivity contribution in [3.05, 3.63) is 69.5 Å². The van der Waals surface area contributed by atoms with Crippen LogP contribution in [0.1, 0.15) is 0 Å². The third-order valence-electron chi connectivity index (χ3n) is 3.05. The van der Waals surface area contributed by atoms with Crippen LogP contribution in [-0.2, 0) is 0 Å². The molecule has 0 amide bonds. The number of hydrogen-bond acceptors (Lipinski definition) is 3. The van der Waals surface area contributed by atoms with Gasteiger partial charge in [-0.2, -0.15) is 0 Å². The quantitative estimate of drug-likeness (QED) is 0.440. The summed E-state index contributed by atoms with van der Waals surface area (Å²) in [5.41, 5.74) is 0.711. The van der Waals surface area contributed by atoms with Gasteiger partial charge in [0.25, 0.3) is 0 Å². The molecule has 0 atom stereocenters. The van der Waals surface area contributed by atoms with E-state index >= 15 is 0 Å². The zero-order valence-corrected chi connectivity index (χ0v) is 14.2. The Kier molecular flexibility index (Phi) is 4.73. The van der Waals surface area contributed by atoms with E-state index < -0.39 is 11.6 Å². The summed E-state index contributed by atoms with van der Waals surface area (Å²) < 4.78 is 39.9. The Morgan fingerprint density at radius 1 is 0.917 bits per heavy atom. The van der Waals surface area contributed by atoms with Crippen molar-refractivity contribution in [3.8, 4) is 11.4 Å². The summed E-state index contributed by atoms with van der Waals surface area (Å²) in [6.45, 7) is 0. The predicted octanol–water partition coefficient (Wildman–Crippen LogP) is 5.72. The van der Waals surface area contributed by atoms with Crippen LogP contribution < -0.4 is 5.32 Å². The number of rotatable bonds is 3. The van der Waals surface area contributed by atoms with Gasteiger partial charge < -0.3 is 5.32 Å². The Morgan fingerprint density at radius 2 is 1.54 bits per heavy atom. The van der Waals surface area contributed by atoms with Gasteiger partial charge >= 0.3 is 0 Å². The lowest BCUT2D eigenvalue weighted by Crippen LogP contribution is -1.99. The van der Waals surface area contributed by atoms with Gasteiger partial charge in [-0.15, -0.1) is 0 Å².